The number of ketones is 1. The minimum absolute atomic E-state index is 0.180. The fourth-order valence-electron chi connectivity index (χ4n) is 3.50. The summed E-state index contributed by atoms with van der Waals surface area (Å²) in [5.74, 6) is 0.180. The summed E-state index contributed by atoms with van der Waals surface area (Å²) in [5.41, 5.74) is 4.04. The number of nitrogens with zero attached hydrogens (tertiary/aromatic N) is 1. The van der Waals surface area contributed by atoms with E-state index >= 15 is 0 Å². The number of aromatic nitrogens is 1. The third-order valence-electron chi connectivity index (χ3n) is 5.36. The standard InChI is InChI=1S/C22H28N2O3/c1-16-7-9-17(10-8-16)5-4-6-20(25)19-12-11-18(24(19)3)13-14-22(2)15-27-21(26)23-22/h7-12H,4-6,13-15H2,1-3H3,(H,23,26)/t22-/m1/s1. The molecule has 1 amide bonds. The summed E-state index contributed by atoms with van der Waals surface area (Å²) in [6.45, 7) is 4.45. The van der Waals surface area contributed by atoms with Crippen molar-refractivity contribution >= 4 is 11.9 Å². The van der Waals surface area contributed by atoms with Crippen molar-refractivity contribution in [1.29, 1.82) is 0 Å². The number of hydrogen-bond acceptors (Lipinski definition) is 3. The summed E-state index contributed by atoms with van der Waals surface area (Å²) >= 11 is 0. The number of Topliss-reactive ketones (excluding diaryl/α,β-unsaturated/α-hetero) is 1. The fraction of sp³-hybridized carbons (Fsp3) is 0.455. The molecule has 1 fully saturated rings. The Labute approximate surface area is 160 Å². The normalized spacial score (nSPS) is 19.0. The second-order valence-corrected chi connectivity index (χ2v) is 7.79. The van der Waals surface area contributed by atoms with Crippen LogP contribution in [0.25, 0.3) is 0 Å². The molecule has 1 saturated heterocycles. The fourth-order valence-corrected chi connectivity index (χ4v) is 3.50. The van der Waals surface area contributed by atoms with Gasteiger partial charge in [-0.1, -0.05) is 29.8 Å². The molecule has 1 atom stereocenters. The largest absolute Gasteiger partial charge is 0.447 e. The molecule has 27 heavy (non-hydrogen) atoms. The molecule has 0 aliphatic carbocycles. The lowest BCUT2D eigenvalue weighted by Gasteiger charge is -2.20. The van der Waals surface area contributed by atoms with E-state index in [0.717, 1.165) is 37.1 Å². The number of hydrogen-bond donors (Lipinski definition) is 1. The Morgan fingerprint density at radius 2 is 1.93 bits per heavy atom. The van der Waals surface area contributed by atoms with Gasteiger partial charge in [-0.25, -0.2) is 4.79 Å². The Morgan fingerprint density at radius 1 is 1.19 bits per heavy atom. The van der Waals surface area contributed by atoms with E-state index in [-0.39, 0.29) is 17.4 Å². The van der Waals surface area contributed by atoms with E-state index in [1.54, 1.807) is 0 Å². The summed E-state index contributed by atoms with van der Waals surface area (Å²) in [4.78, 5) is 23.9. The third-order valence-corrected chi connectivity index (χ3v) is 5.36. The Bertz CT molecular complexity index is 823. The summed E-state index contributed by atoms with van der Waals surface area (Å²) < 4.78 is 6.99. The maximum atomic E-state index is 12.6. The maximum Gasteiger partial charge on any atom is 0.407 e. The molecule has 0 radical (unpaired) electrons. The molecule has 0 unspecified atom stereocenters. The molecule has 0 bridgehead atoms. The van der Waals surface area contributed by atoms with Crippen LogP contribution in [0.2, 0.25) is 0 Å². The molecule has 1 aliphatic rings. The SMILES string of the molecule is Cc1ccc(CCCC(=O)c2ccc(CC[C@]3(C)COC(=O)N3)n2C)cc1. The van der Waals surface area contributed by atoms with Crippen molar-refractivity contribution in [3.05, 3.63) is 58.9 Å². The Balaban J connectivity index is 1.52. The van der Waals surface area contributed by atoms with Gasteiger partial charge in [0.2, 0.25) is 0 Å². The van der Waals surface area contributed by atoms with Crippen LogP contribution >= 0.6 is 0 Å². The number of nitrogens with one attached hydrogen (secondary N) is 1. The lowest BCUT2D eigenvalue weighted by atomic mass is 9.97. The second kappa shape index (κ2) is 7.99. The third kappa shape index (κ3) is 4.79. The molecule has 1 N–H and O–H groups in total. The first kappa shape index (κ1) is 19.2. The highest BCUT2D eigenvalue weighted by Crippen LogP contribution is 2.21. The first-order valence-corrected chi connectivity index (χ1v) is 9.55. The van der Waals surface area contributed by atoms with Crippen molar-refractivity contribution in [3.8, 4) is 0 Å². The number of rotatable bonds is 8. The first-order valence-electron chi connectivity index (χ1n) is 9.55. The highest BCUT2D eigenvalue weighted by Gasteiger charge is 2.34. The molecule has 0 spiro atoms. The van der Waals surface area contributed by atoms with Crippen molar-refractivity contribution < 1.29 is 14.3 Å². The van der Waals surface area contributed by atoms with Gasteiger partial charge in [-0.15, -0.1) is 0 Å². The average Bonchev–Trinajstić information content (AvgIpc) is 3.17. The first-order chi connectivity index (χ1) is 12.9. The van der Waals surface area contributed by atoms with Crippen molar-refractivity contribution in [2.45, 2.75) is 51.5 Å². The van der Waals surface area contributed by atoms with Gasteiger partial charge in [-0.2, -0.15) is 0 Å². The van der Waals surface area contributed by atoms with Gasteiger partial charge in [0.25, 0.3) is 0 Å². The molecule has 1 aromatic carbocycles. The van der Waals surface area contributed by atoms with E-state index < -0.39 is 0 Å². The molecule has 1 aliphatic heterocycles. The molecular formula is C22H28N2O3. The highest BCUT2D eigenvalue weighted by molar-refractivity contribution is 5.94. The summed E-state index contributed by atoms with van der Waals surface area (Å²) in [6, 6.07) is 12.4. The topological polar surface area (TPSA) is 60.3 Å². The molecule has 3 rings (SSSR count). The molecule has 1 aromatic heterocycles. The molecule has 2 heterocycles. The van der Waals surface area contributed by atoms with Gasteiger partial charge >= 0.3 is 6.09 Å². The predicted molar refractivity (Wildman–Crippen MR) is 105 cm³/mol. The van der Waals surface area contributed by atoms with Gasteiger partial charge in [0, 0.05) is 19.2 Å². The van der Waals surface area contributed by atoms with Crippen LogP contribution in [-0.4, -0.2) is 28.6 Å². The number of aryl methyl sites for hydroxylation is 3. The Kier molecular flexibility index (Phi) is 5.68. The highest BCUT2D eigenvalue weighted by atomic mass is 16.6. The zero-order valence-corrected chi connectivity index (χ0v) is 16.4. The minimum Gasteiger partial charge on any atom is -0.447 e. The average molecular weight is 368 g/mol. The van der Waals surface area contributed by atoms with Crippen LogP contribution in [-0.2, 0) is 24.6 Å². The number of carbonyl (C=O) groups is 2. The van der Waals surface area contributed by atoms with Gasteiger partial charge in [0.1, 0.15) is 6.61 Å². The number of cyclic esters (lactones) is 1. The van der Waals surface area contributed by atoms with Crippen LogP contribution in [0.1, 0.15) is 53.5 Å². The molecule has 0 saturated carbocycles. The Morgan fingerprint density at radius 3 is 2.59 bits per heavy atom. The van der Waals surface area contributed by atoms with Crippen LogP contribution in [0.5, 0.6) is 0 Å². The summed E-state index contributed by atoms with van der Waals surface area (Å²) in [6.07, 6.45) is 3.52. The van der Waals surface area contributed by atoms with E-state index in [4.69, 9.17) is 4.74 Å². The Hall–Kier alpha value is -2.56. The monoisotopic (exact) mass is 368 g/mol. The van der Waals surface area contributed by atoms with Crippen LogP contribution in [0.3, 0.4) is 0 Å². The second-order valence-electron chi connectivity index (χ2n) is 7.79. The van der Waals surface area contributed by atoms with Crippen LogP contribution in [0, 0.1) is 6.92 Å². The smallest absolute Gasteiger partial charge is 0.407 e. The van der Waals surface area contributed by atoms with E-state index in [1.165, 1.54) is 11.1 Å². The summed E-state index contributed by atoms with van der Waals surface area (Å²) in [7, 11) is 1.94. The molecule has 5 heteroatoms. The number of carbonyl (C=O) groups excluding carboxylic acids is 2. The van der Waals surface area contributed by atoms with Crippen molar-refractivity contribution in [2.24, 2.45) is 7.05 Å². The molecule has 144 valence electrons. The maximum absolute atomic E-state index is 12.6. The van der Waals surface area contributed by atoms with Gasteiger partial charge in [0.05, 0.1) is 11.2 Å². The zero-order chi connectivity index (χ0) is 19.4. The van der Waals surface area contributed by atoms with Gasteiger partial charge < -0.3 is 14.6 Å². The quantitative estimate of drug-likeness (QED) is 0.717. The number of ether oxygens (including phenoxy) is 1. The van der Waals surface area contributed by atoms with E-state index in [1.807, 2.05) is 30.7 Å². The van der Waals surface area contributed by atoms with Crippen molar-refractivity contribution in [2.75, 3.05) is 6.61 Å². The number of benzene rings is 1. The van der Waals surface area contributed by atoms with Gasteiger partial charge in [-0.3, -0.25) is 4.79 Å². The lowest BCUT2D eigenvalue weighted by Crippen LogP contribution is -2.40. The molecule has 2 aromatic rings. The zero-order valence-electron chi connectivity index (χ0n) is 16.4. The predicted octanol–water partition coefficient (Wildman–Crippen LogP) is 3.97. The van der Waals surface area contributed by atoms with Crippen molar-refractivity contribution in [3.63, 3.8) is 0 Å². The lowest BCUT2D eigenvalue weighted by molar-refractivity contribution is 0.0972. The number of alkyl carbamates (subject to hydrolysis) is 1. The van der Waals surface area contributed by atoms with Crippen LogP contribution < -0.4 is 5.32 Å². The van der Waals surface area contributed by atoms with Crippen LogP contribution in [0.4, 0.5) is 4.79 Å². The molecular weight excluding hydrogens is 340 g/mol. The van der Waals surface area contributed by atoms with Gasteiger partial charge in [-0.05, 0) is 57.2 Å². The minimum atomic E-state index is -0.353. The molecule has 5 nitrogen and oxygen atoms in total. The van der Waals surface area contributed by atoms with E-state index in [9.17, 15) is 9.59 Å². The van der Waals surface area contributed by atoms with Gasteiger partial charge in [0.15, 0.2) is 5.78 Å². The van der Waals surface area contributed by atoms with E-state index in [0.29, 0.717) is 13.0 Å². The number of amides is 1. The van der Waals surface area contributed by atoms with Crippen LogP contribution in [0.15, 0.2) is 36.4 Å². The van der Waals surface area contributed by atoms with E-state index in [2.05, 4.69) is 36.5 Å². The van der Waals surface area contributed by atoms with Crippen molar-refractivity contribution in [1.82, 2.24) is 9.88 Å². The summed E-state index contributed by atoms with van der Waals surface area (Å²) in [5, 5.41) is 2.86.